The molecule has 1 N–H and O–H groups in total. The van der Waals surface area contributed by atoms with Crippen LogP contribution in [0.3, 0.4) is 0 Å². The van der Waals surface area contributed by atoms with Crippen molar-refractivity contribution in [3.8, 4) is 17.6 Å². The lowest BCUT2D eigenvalue weighted by Gasteiger charge is -2.12. The topological polar surface area (TPSA) is 105 Å². The molecule has 0 aliphatic heterocycles. The molecular formula is C21H11BrClFN4O3. The fourth-order valence-electron chi connectivity index (χ4n) is 3.16. The Balaban J connectivity index is 1.71. The normalized spacial score (nSPS) is 10.8. The van der Waals surface area contributed by atoms with Crippen molar-refractivity contribution in [2.75, 3.05) is 0 Å². The maximum atomic E-state index is 15.3. The van der Waals surface area contributed by atoms with Crippen LogP contribution in [0.15, 0.2) is 53.0 Å². The summed E-state index contributed by atoms with van der Waals surface area (Å²) in [7, 11) is 0. The fourth-order valence-corrected chi connectivity index (χ4v) is 3.77. The predicted octanol–water partition coefficient (Wildman–Crippen LogP) is 6.28. The molecule has 1 heterocycles. The van der Waals surface area contributed by atoms with E-state index in [2.05, 4.69) is 26.1 Å². The first kappa shape index (κ1) is 20.8. The summed E-state index contributed by atoms with van der Waals surface area (Å²) in [4.78, 5) is 10.7. The number of H-pyrrole nitrogens is 1. The first-order valence-electron chi connectivity index (χ1n) is 8.83. The Bertz CT molecular complexity index is 1380. The number of nitriles is 1. The van der Waals surface area contributed by atoms with Crippen molar-refractivity contribution in [2.45, 2.75) is 6.42 Å². The summed E-state index contributed by atoms with van der Waals surface area (Å²) in [6.07, 6.45) is 0.103. The fraction of sp³-hybridized carbons (Fsp3) is 0.0476. The van der Waals surface area contributed by atoms with Crippen molar-refractivity contribution in [2.24, 2.45) is 0 Å². The van der Waals surface area contributed by atoms with Crippen LogP contribution in [-0.2, 0) is 6.42 Å². The van der Waals surface area contributed by atoms with Crippen LogP contribution in [-0.4, -0.2) is 15.1 Å². The van der Waals surface area contributed by atoms with E-state index in [0.29, 0.717) is 15.6 Å². The lowest BCUT2D eigenvalue weighted by molar-refractivity contribution is -0.383. The van der Waals surface area contributed by atoms with Crippen molar-refractivity contribution < 1.29 is 14.1 Å². The summed E-state index contributed by atoms with van der Waals surface area (Å²) in [5.41, 5.74) is 1.17. The SMILES string of the molecule is N#Cc1cc(Cl)cc(Oc2c(Br)ccc(Cc3[nH]nc4c([N+](=O)[O-])cccc34)c2F)c1. The number of halogens is 3. The number of nitro benzene ring substituents is 1. The second kappa shape index (κ2) is 8.34. The zero-order chi connectivity index (χ0) is 22.1. The largest absolute Gasteiger partial charge is 0.453 e. The van der Waals surface area contributed by atoms with Crippen LogP contribution in [0.2, 0.25) is 5.02 Å². The van der Waals surface area contributed by atoms with E-state index in [1.807, 2.05) is 6.07 Å². The van der Waals surface area contributed by atoms with Crippen LogP contribution in [0.4, 0.5) is 10.1 Å². The summed E-state index contributed by atoms with van der Waals surface area (Å²) >= 11 is 9.27. The molecule has 0 radical (unpaired) electrons. The molecule has 0 fully saturated rings. The third-order valence-electron chi connectivity index (χ3n) is 4.56. The van der Waals surface area contributed by atoms with Gasteiger partial charge in [0.15, 0.2) is 17.1 Å². The first-order valence-corrected chi connectivity index (χ1v) is 10.00. The summed E-state index contributed by atoms with van der Waals surface area (Å²) in [5, 5.41) is 27.9. The standard InChI is InChI=1S/C21H11BrClFN4O3/c22-16-5-4-12(8-17-15-2-1-3-18(28(29)30)20(15)27-26-17)19(24)21(16)31-14-7-11(10-25)6-13(23)9-14/h1-7,9H,8H2,(H,26,27). The molecule has 3 aromatic carbocycles. The number of para-hydroxylation sites is 1. The Labute approximate surface area is 188 Å². The van der Waals surface area contributed by atoms with Gasteiger partial charge in [-0.2, -0.15) is 10.4 Å². The number of hydrogen-bond acceptors (Lipinski definition) is 5. The number of aromatic amines is 1. The van der Waals surface area contributed by atoms with E-state index in [9.17, 15) is 10.1 Å². The number of benzene rings is 3. The molecule has 1 aromatic heterocycles. The summed E-state index contributed by atoms with van der Waals surface area (Å²) < 4.78 is 21.4. The Hall–Kier alpha value is -3.48. The molecule has 154 valence electrons. The number of hydrogen-bond donors (Lipinski definition) is 1. The van der Waals surface area contributed by atoms with E-state index >= 15 is 4.39 Å². The van der Waals surface area contributed by atoms with Gasteiger partial charge >= 0.3 is 0 Å². The van der Waals surface area contributed by atoms with E-state index in [4.69, 9.17) is 21.6 Å². The maximum Gasteiger partial charge on any atom is 0.297 e. The first-order chi connectivity index (χ1) is 14.9. The Morgan fingerprint density at radius 3 is 2.84 bits per heavy atom. The molecule has 10 heteroatoms. The van der Waals surface area contributed by atoms with Gasteiger partial charge in [-0.15, -0.1) is 0 Å². The van der Waals surface area contributed by atoms with Gasteiger partial charge in [0.05, 0.1) is 21.0 Å². The number of fused-ring (bicyclic) bond motifs is 1. The van der Waals surface area contributed by atoms with Gasteiger partial charge in [-0.3, -0.25) is 15.2 Å². The number of ether oxygens (including phenoxy) is 1. The number of rotatable bonds is 5. The maximum absolute atomic E-state index is 15.3. The van der Waals surface area contributed by atoms with Crippen molar-refractivity contribution >= 4 is 44.1 Å². The van der Waals surface area contributed by atoms with Crippen LogP contribution in [0, 0.1) is 27.3 Å². The molecule has 0 unspecified atom stereocenters. The van der Waals surface area contributed by atoms with Crippen molar-refractivity contribution in [1.82, 2.24) is 10.2 Å². The van der Waals surface area contributed by atoms with Crippen LogP contribution < -0.4 is 4.74 Å². The van der Waals surface area contributed by atoms with Crippen LogP contribution >= 0.6 is 27.5 Å². The molecule has 4 aromatic rings. The zero-order valence-corrected chi connectivity index (χ0v) is 17.9. The highest BCUT2D eigenvalue weighted by atomic mass is 79.9. The molecule has 0 spiro atoms. The number of nitro groups is 1. The van der Waals surface area contributed by atoms with Gasteiger partial charge in [-0.05, 0) is 45.8 Å². The van der Waals surface area contributed by atoms with E-state index < -0.39 is 10.7 Å². The van der Waals surface area contributed by atoms with E-state index in [0.717, 1.165) is 0 Å². The summed E-state index contributed by atoms with van der Waals surface area (Å²) in [5.74, 6) is -0.483. The molecule has 0 aliphatic rings. The lowest BCUT2D eigenvalue weighted by Crippen LogP contribution is -1.98. The third kappa shape index (κ3) is 4.08. The van der Waals surface area contributed by atoms with Crippen LogP contribution in [0.25, 0.3) is 10.9 Å². The average Bonchev–Trinajstić information content (AvgIpc) is 3.15. The predicted molar refractivity (Wildman–Crippen MR) is 116 cm³/mol. The molecule has 0 saturated carbocycles. The van der Waals surface area contributed by atoms with Gasteiger partial charge in [0.2, 0.25) is 0 Å². The second-order valence-electron chi connectivity index (χ2n) is 6.55. The van der Waals surface area contributed by atoms with E-state index in [-0.39, 0.29) is 45.3 Å². The monoisotopic (exact) mass is 500 g/mol. The second-order valence-corrected chi connectivity index (χ2v) is 7.84. The Morgan fingerprint density at radius 2 is 2.10 bits per heavy atom. The molecule has 7 nitrogen and oxygen atoms in total. The molecule has 31 heavy (non-hydrogen) atoms. The molecule has 0 amide bonds. The smallest absolute Gasteiger partial charge is 0.297 e. The van der Waals surface area contributed by atoms with Gasteiger partial charge in [-0.25, -0.2) is 4.39 Å². The van der Waals surface area contributed by atoms with Crippen molar-refractivity contribution in [3.63, 3.8) is 0 Å². The van der Waals surface area contributed by atoms with Crippen LogP contribution in [0.5, 0.6) is 11.5 Å². The number of nitrogens with zero attached hydrogens (tertiary/aromatic N) is 3. The number of nitrogens with one attached hydrogen (secondary N) is 1. The van der Waals surface area contributed by atoms with Gasteiger partial charge in [-0.1, -0.05) is 29.8 Å². The molecule has 0 aliphatic carbocycles. The molecule has 4 rings (SSSR count). The van der Waals surface area contributed by atoms with Gasteiger partial charge in [0.25, 0.3) is 5.69 Å². The average molecular weight is 502 g/mol. The zero-order valence-electron chi connectivity index (χ0n) is 15.5. The quantitative estimate of drug-likeness (QED) is 0.256. The molecule has 0 bridgehead atoms. The highest BCUT2D eigenvalue weighted by Gasteiger charge is 2.20. The van der Waals surface area contributed by atoms with Crippen molar-refractivity contribution in [1.29, 1.82) is 5.26 Å². The van der Waals surface area contributed by atoms with Crippen molar-refractivity contribution in [3.05, 3.63) is 90.8 Å². The molecular weight excluding hydrogens is 491 g/mol. The summed E-state index contributed by atoms with van der Waals surface area (Å²) in [6.45, 7) is 0. The minimum Gasteiger partial charge on any atom is -0.453 e. The van der Waals surface area contributed by atoms with Gasteiger partial charge in [0, 0.05) is 28.6 Å². The number of aromatic nitrogens is 2. The van der Waals surface area contributed by atoms with E-state index in [1.165, 1.54) is 24.3 Å². The minimum absolute atomic E-state index is 0.0709. The van der Waals surface area contributed by atoms with E-state index in [1.54, 1.807) is 24.3 Å². The van der Waals surface area contributed by atoms with Crippen LogP contribution in [0.1, 0.15) is 16.8 Å². The highest BCUT2D eigenvalue weighted by molar-refractivity contribution is 9.10. The lowest BCUT2D eigenvalue weighted by atomic mass is 10.1. The highest BCUT2D eigenvalue weighted by Crippen LogP contribution is 2.36. The Morgan fingerprint density at radius 1 is 1.29 bits per heavy atom. The molecule has 0 saturated heterocycles. The molecule has 0 atom stereocenters. The van der Waals surface area contributed by atoms with Gasteiger partial charge in [0.1, 0.15) is 5.75 Å². The third-order valence-corrected chi connectivity index (χ3v) is 5.40. The minimum atomic E-state index is -0.624. The summed E-state index contributed by atoms with van der Waals surface area (Å²) in [6, 6.07) is 14.2. The number of non-ortho nitro benzene ring substituents is 1. The Kier molecular flexibility index (Phi) is 5.59. The van der Waals surface area contributed by atoms with Gasteiger partial charge < -0.3 is 4.74 Å².